The van der Waals surface area contributed by atoms with Crippen LogP contribution in [0.3, 0.4) is 0 Å². The summed E-state index contributed by atoms with van der Waals surface area (Å²) in [5.41, 5.74) is 6.48. The average molecular weight is 388 g/mol. The van der Waals surface area contributed by atoms with Gasteiger partial charge in [0.15, 0.2) is 0 Å². The van der Waals surface area contributed by atoms with Crippen molar-refractivity contribution in [2.24, 2.45) is 5.73 Å². The number of hydrogen-bond acceptors (Lipinski definition) is 6. The molecule has 3 rings (SSSR count). The van der Waals surface area contributed by atoms with Crippen molar-refractivity contribution < 1.29 is 4.39 Å². The standard InChI is InChI=1S/C18H21FN6OS/c1-23(2)17-6-3-14(9-21-17)16-5-4-15(27-16)11-24-12-22-25(18(24)26)10-13(7-19)8-20/h3-7,9,12H,8,10-11,20H2,1-2H3/b13-7+. The molecule has 0 saturated heterocycles. The number of pyridine rings is 1. The zero-order valence-electron chi connectivity index (χ0n) is 15.2. The minimum atomic E-state index is -0.297. The van der Waals surface area contributed by atoms with Crippen molar-refractivity contribution in [2.75, 3.05) is 25.5 Å². The van der Waals surface area contributed by atoms with Crippen LogP contribution in [0.2, 0.25) is 0 Å². The van der Waals surface area contributed by atoms with E-state index in [0.29, 0.717) is 18.4 Å². The SMILES string of the molecule is CN(C)c1ccc(-c2ccc(Cn3cnn(C/C(=C/F)CN)c3=O)s2)cn1. The molecule has 0 bridgehead atoms. The Labute approximate surface area is 160 Å². The Hall–Kier alpha value is -2.78. The lowest BCUT2D eigenvalue weighted by atomic mass is 10.2. The van der Waals surface area contributed by atoms with Crippen molar-refractivity contribution in [2.45, 2.75) is 13.1 Å². The van der Waals surface area contributed by atoms with Crippen LogP contribution in [0.25, 0.3) is 10.4 Å². The van der Waals surface area contributed by atoms with Crippen LogP contribution in [0.4, 0.5) is 10.2 Å². The molecule has 9 heteroatoms. The van der Waals surface area contributed by atoms with E-state index in [4.69, 9.17) is 5.73 Å². The molecule has 7 nitrogen and oxygen atoms in total. The van der Waals surface area contributed by atoms with Crippen molar-refractivity contribution in [3.63, 3.8) is 0 Å². The predicted molar refractivity (Wildman–Crippen MR) is 106 cm³/mol. The second kappa shape index (κ2) is 8.28. The average Bonchev–Trinajstić information content (AvgIpc) is 3.28. The number of hydrogen-bond donors (Lipinski definition) is 1. The summed E-state index contributed by atoms with van der Waals surface area (Å²) >= 11 is 1.59. The smallest absolute Gasteiger partial charge is 0.346 e. The first-order valence-corrected chi connectivity index (χ1v) is 9.16. The van der Waals surface area contributed by atoms with Crippen LogP contribution in [-0.2, 0) is 13.1 Å². The summed E-state index contributed by atoms with van der Waals surface area (Å²) in [4.78, 5) is 20.8. The molecule has 3 heterocycles. The molecule has 0 radical (unpaired) electrons. The monoisotopic (exact) mass is 388 g/mol. The van der Waals surface area contributed by atoms with E-state index in [1.165, 1.54) is 15.6 Å². The number of halogens is 1. The van der Waals surface area contributed by atoms with Gasteiger partial charge in [-0.2, -0.15) is 5.10 Å². The molecule has 0 aromatic carbocycles. The predicted octanol–water partition coefficient (Wildman–Crippen LogP) is 2.09. The molecule has 27 heavy (non-hydrogen) atoms. The third kappa shape index (κ3) is 4.32. The molecule has 0 saturated carbocycles. The van der Waals surface area contributed by atoms with Crippen LogP contribution in [0.15, 0.2) is 53.5 Å². The topological polar surface area (TPSA) is 82.0 Å². The first kappa shape index (κ1) is 19.0. The Bertz CT molecular complexity index is 986. The van der Waals surface area contributed by atoms with E-state index in [1.807, 2.05) is 49.5 Å². The summed E-state index contributed by atoms with van der Waals surface area (Å²) < 4.78 is 15.4. The van der Waals surface area contributed by atoms with Gasteiger partial charge in [0.1, 0.15) is 12.1 Å². The molecule has 0 fully saturated rings. The Kier molecular flexibility index (Phi) is 5.82. The lowest BCUT2D eigenvalue weighted by molar-refractivity contribution is 0.604. The first-order chi connectivity index (χ1) is 13.0. The van der Waals surface area contributed by atoms with Gasteiger partial charge >= 0.3 is 5.69 Å². The van der Waals surface area contributed by atoms with E-state index >= 15 is 0 Å². The van der Waals surface area contributed by atoms with E-state index in [2.05, 4.69) is 10.1 Å². The Balaban J connectivity index is 1.74. The van der Waals surface area contributed by atoms with Crippen molar-refractivity contribution in [3.05, 3.63) is 64.1 Å². The molecular weight excluding hydrogens is 367 g/mol. The maximum atomic E-state index is 12.7. The molecule has 0 amide bonds. The summed E-state index contributed by atoms with van der Waals surface area (Å²) in [5, 5.41) is 4.03. The fourth-order valence-electron chi connectivity index (χ4n) is 2.51. The van der Waals surface area contributed by atoms with Gasteiger partial charge in [-0.15, -0.1) is 11.3 Å². The van der Waals surface area contributed by atoms with Crippen molar-refractivity contribution in [1.82, 2.24) is 19.3 Å². The fraction of sp³-hybridized carbons (Fsp3) is 0.278. The normalized spacial score (nSPS) is 11.8. The van der Waals surface area contributed by atoms with Gasteiger partial charge in [-0.3, -0.25) is 4.57 Å². The van der Waals surface area contributed by atoms with Gasteiger partial charge in [0.25, 0.3) is 0 Å². The van der Waals surface area contributed by atoms with Crippen LogP contribution in [0, 0.1) is 0 Å². The van der Waals surface area contributed by atoms with Gasteiger partial charge in [-0.1, -0.05) is 0 Å². The maximum absolute atomic E-state index is 12.7. The second-order valence-corrected chi connectivity index (χ2v) is 7.40. The largest absolute Gasteiger partial charge is 0.363 e. The van der Waals surface area contributed by atoms with E-state index in [-0.39, 0.29) is 18.8 Å². The number of thiophene rings is 1. The number of nitrogens with zero attached hydrogens (tertiary/aromatic N) is 5. The van der Waals surface area contributed by atoms with Gasteiger partial charge in [-0.05, 0) is 29.8 Å². The van der Waals surface area contributed by atoms with Crippen molar-refractivity contribution in [1.29, 1.82) is 0 Å². The first-order valence-electron chi connectivity index (χ1n) is 8.34. The summed E-state index contributed by atoms with van der Waals surface area (Å²) in [6, 6.07) is 7.99. The highest BCUT2D eigenvalue weighted by Gasteiger charge is 2.10. The zero-order valence-corrected chi connectivity index (χ0v) is 16.0. The molecule has 0 aliphatic rings. The molecule has 0 atom stereocenters. The number of anilines is 1. The summed E-state index contributed by atoms with van der Waals surface area (Å²) in [6.07, 6.45) is 3.72. The summed E-state index contributed by atoms with van der Waals surface area (Å²) in [6.45, 7) is 0.507. The summed E-state index contributed by atoms with van der Waals surface area (Å²) in [7, 11) is 3.89. The van der Waals surface area contributed by atoms with Gasteiger partial charge in [-0.25, -0.2) is 18.9 Å². The third-order valence-corrected chi connectivity index (χ3v) is 5.16. The van der Waals surface area contributed by atoms with E-state index in [0.717, 1.165) is 21.1 Å². The van der Waals surface area contributed by atoms with Crippen LogP contribution in [0.5, 0.6) is 0 Å². The molecule has 142 valence electrons. The van der Waals surface area contributed by atoms with Crippen LogP contribution in [-0.4, -0.2) is 40.0 Å². The maximum Gasteiger partial charge on any atom is 0.346 e. The minimum Gasteiger partial charge on any atom is -0.363 e. The highest BCUT2D eigenvalue weighted by atomic mass is 32.1. The van der Waals surface area contributed by atoms with E-state index in [1.54, 1.807) is 11.3 Å². The minimum absolute atomic E-state index is 0.0464. The number of aromatic nitrogens is 4. The van der Waals surface area contributed by atoms with Gasteiger partial charge in [0, 0.05) is 42.2 Å². The highest BCUT2D eigenvalue weighted by molar-refractivity contribution is 7.15. The zero-order chi connectivity index (χ0) is 19.4. The molecular formula is C18H21FN6OS. The van der Waals surface area contributed by atoms with Gasteiger partial charge in [0.2, 0.25) is 0 Å². The Morgan fingerprint density at radius 1 is 1.33 bits per heavy atom. The molecule has 3 aromatic heterocycles. The van der Waals surface area contributed by atoms with E-state index < -0.39 is 0 Å². The van der Waals surface area contributed by atoms with Crippen LogP contribution < -0.4 is 16.3 Å². The Morgan fingerprint density at radius 2 is 2.15 bits per heavy atom. The quantitative estimate of drug-likeness (QED) is 0.670. The molecule has 3 aromatic rings. The third-order valence-electron chi connectivity index (χ3n) is 4.04. The lowest BCUT2D eigenvalue weighted by Crippen LogP contribution is -2.26. The molecule has 0 unspecified atom stereocenters. The second-order valence-electron chi connectivity index (χ2n) is 6.24. The number of nitrogens with two attached hydrogens (primary N) is 1. The molecule has 0 aliphatic heterocycles. The Morgan fingerprint density at radius 3 is 2.78 bits per heavy atom. The van der Waals surface area contributed by atoms with E-state index in [9.17, 15) is 9.18 Å². The molecule has 2 N–H and O–H groups in total. The fourth-order valence-corrected chi connectivity index (χ4v) is 3.50. The van der Waals surface area contributed by atoms with Gasteiger partial charge in [0.05, 0.1) is 19.4 Å². The van der Waals surface area contributed by atoms with Crippen molar-refractivity contribution in [3.8, 4) is 10.4 Å². The van der Waals surface area contributed by atoms with Crippen molar-refractivity contribution >= 4 is 17.2 Å². The summed E-state index contributed by atoms with van der Waals surface area (Å²) in [5.74, 6) is 0.897. The molecule has 0 aliphatic carbocycles. The van der Waals surface area contributed by atoms with Crippen LogP contribution >= 0.6 is 11.3 Å². The molecule has 0 spiro atoms. The number of rotatable bonds is 7. The lowest BCUT2D eigenvalue weighted by Gasteiger charge is -2.10. The highest BCUT2D eigenvalue weighted by Crippen LogP contribution is 2.28. The van der Waals surface area contributed by atoms with Gasteiger partial charge < -0.3 is 10.6 Å². The van der Waals surface area contributed by atoms with Crippen LogP contribution in [0.1, 0.15) is 4.88 Å².